The molecule has 0 heterocycles. The highest BCUT2D eigenvalue weighted by Crippen LogP contribution is 2.39. The van der Waals surface area contributed by atoms with Crippen LogP contribution in [-0.4, -0.2) is 6.04 Å². The zero-order valence-electron chi connectivity index (χ0n) is 4.96. The Labute approximate surface area is 49.3 Å². The molecule has 8 heavy (non-hydrogen) atoms. The Kier molecular flexibility index (Phi) is 1.22. The second-order valence-electron chi connectivity index (χ2n) is 2.49. The van der Waals surface area contributed by atoms with Crippen LogP contribution >= 0.6 is 0 Å². The van der Waals surface area contributed by atoms with E-state index in [1.165, 1.54) is 0 Å². The third-order valence-corrected chi connectivity index (χ3v) is 1.68. The first-order chi connectivity index (χ1) is 3.75. The fourth-order valence-electron chi connectivity index (χ4n) is 0.944. The molecule has 0 aromatic rings. The van der Waals surface area contributed by atoms with Gasteiger partial charge in [0.2, 0.25) is 0 Å². The van der Waals surface area contributed by atoms with E-state index in [0.29, 0.717) is 5.92 Å². The minimum atomic E-state index is 0.222. The van der Waals surface area contributed by atoms with E-state index in [-0.39, 0.29) is 12.0 Å². The molecule has 0 aromatic carbocycles. The molecule has 2 nitrogen and oxygen atoms in total. The van der Waals surface area contributed by atoms with Crippen molar-refractivity contribution in [1.29, 1.82) is 5.26 Å². The van der Waals surface area contributed by atoms with Crippen molar-refractivity contribution in [2.45, 2.75) is 19.4 Å². The Morgan fingerprint density at radius 3 is 2.62 bits per heavy atom. The van der Waals surface area contributed by atoms with Crippen molar-refractivity contribution in [3.05, 3.63) is 0 Å². The predicted octanol–water partition coefficient (Wildman–Crippen LogP) is 0.493. The summed E-state index contributed by atoms with van der Waals surface area (Å²) in [5.41, 5.74) is 5.51. The van der Waals surface area contributed by atoms with Gasteiger partial charge in [0.25, 0.3) is 0 Å². The van der Waals surface area contributed by atoms with Gasteiger partial charge >= 0.3 is 0 Å². The predicted molar refractivity (Wildman–Crippen MR) is 30.9 cm³/mol. The van der Waals surface area contributed by atoms with Crippen molar-refractivity contribution in [3.8, 4) is 6.07 Å². The summed E-state index contributed by atoms with van der Waals surface area (Å²) in [6.45, 7) is 1.96. The Morgan fingerprint density at radius 2 is 2.50 bits per heavy atom. The minimum absolute atomic E-state index is 0.222. The lowest BCUT2D eigenvalue weighted by atomic mass is 10.2. The zero-order chi connectivity index (χ0) is 6.15. The fraction of sp³-hybridized carbons (Fsp3) is 0.833. The van der Waals surface area contributed by atoms with Crippen molar-refractivity contribution < 1.29 is 0 Å². The van der Waals surface area contributed by atoms with E-state index >= 15 is 0 Å². The molecule has 1 fully saturated rings. The van der Waals surface area contributed by atoms with Crippen LogP contribution < -0.4 is 5.73 Å². The van der Waals surface area contributed by atoms with E-state index in [1.54, 1.807) is 0 Å². The van der Waals surface area contributed by atoms with Gasteiger partial charge in [-0.1, -0.05) is 0 Å². The molecule has 0 saturated heterocycles. The van der Waals surface area contributed by atoms with Gasteiger partial charge in [-0.3, -0.25) is 0 Å². The third-order valence-electron chi connectivity index (χ3n) is 1.68. The first-order valence-corrected chi connectivity index (χ1v) is 2.91. The average Bonchev–Trinajstić information content (AvgIpc) is 2.42. The van der Waals surface area contributed by atoms with Crippen LogP contribution in [0.5, 0.6) is 0 Å². The number of nitrogens with zero attached hydrogens (tertiary/aromatic N) is 1. The molecule has 2 N–H and O–H groups in total. The molecule has 0 amide bonds. The van der Waals surface area contributed by atoms with Gasteiger partial charge in [0.05, 0.1) is 12.0 Å². The first-order valence-electron chi connectivity index (χ1n) is 2.91. The molecule has 1 saturated carbocycles. The monoisotopic (exact) mass is 110 g/mol. The Balaban J connectivity index is 2.29. The van der Waals surface area contributed by atoms with Gasteiger partial charge in [0, 0.05) is 6.04 Å². The quantitative estimate of drug-likeness (QED) is 0.534. The molecule has 3 unspecified atom stereocenters. The Bertz CT molecular complexity index is 123. The van der Waals surface area contributed by atoms with Crippen LogP contribution in [-0.2, 0) is 0 Å². The van der Waals surface area contributed by atoms with Crippen molar-refractivity contribution in [1.82, 2.24) is 0 Å². The van der Waals surface area contributed by atoms with Gasteiger partial charge in [-0.25, -0.2) is 0 Å². The highest BCUT2D eigenvalue weighted by atomic mass is 14.7. The zero-order valence-corrected chi connectivity index (χ0v) is 4.96. The molecule has 1 aliphatic carbocycles. The van der Waals surface area contributed by atoms with Crippen molar-refractivity contribution >= 4 is 0 Å². The highest BCUT2D eigenvalue weighted by molar-refractivity contribution is 5.04. The summed E-state index contributed by atoms with van der Waals surface area (Å²) in [5.74, 6) is 0.773. The van der Waals surface area contributed by atoms with Crippen LogP contribution in [0.3, 0.4) is 0 Å². The molecule has 0 aliphatic heterocycles. The van der Waals surface area contributed by atoms with Crippen LogP contribution in [0.15, 0.2) is 0 Å². The number of hydrogen-bond acceptors (Lipinski definition) is 2. The maximum absolute atomic E-state index is 8.32. The van der Waals surface area contributed by atoms with Gasteiger partial charge in [-0.2, -0.15) is 5.26 Å². The lowest BCUT2D eigenvalue weighted by Gasteiger charge is -1.96. The first kappa shape index (κ1) is 5.58. The maximum Gasteiger partial charge on any atom is 0.0659 e. The Morgan fingerprint density at radius 1 is 1.88 bits per heavy atom. The highest BCUT2D eigenvalue weighted by Gasteiger charge is 2.39. The van der Waals surface area contributed by atoms with E-state index in [4.69, 9.17) is 11.0 Å². The molecule has 3 atom stereocenters. The normalized spacial score (nSPS) is 38.1. The molecule has 0 bridgehead atoms. The molecular formula is C6H10N2. The number of rotatable bonds is 1. The lowest BCUT2D eigenvalue weighted by molar-refractivity contribution is 0.627. The van der Waals surface area contributed by atoms with Gasteiger partial charge < -0.3 is 5.73 Å². The topological polar surface area (TPSA) is 49.8 Å². The third kappa shape index (κ3) is 0.823. The molecule has 2 heteroatoms. The summed E-state index contributed by atoms with van der Waals surface area (Å²) < 4.78 is 0. The number of nitriles is 1. The summed E-state index contributed by atoms with van der Waals surface area (Å²) in [6, 6.07) is 2.41. The average molecular weight is 110 g/mol. The van der Waals surface area contributed by atoms with Gasteiger partial charge in [0.1, 0.15) is 0 Å². The molecule has 0 aromatic heterocycles. The summed E-state index contributed by atoms with van der Waals surface area (Å²) in [5, 5.41) is 8.32. The number of nitrogens with two attached hydrogens (primary N) is 1. The summed E-state index contributed by atoms with van der Waals surface area (Å²) in [7, 11) is 0. The molecule has 1 rings (SSSR count). The van der Waals surface area contributed by atoms with Gasteiger partial charge in [-0.15, -0.1) is 0 Å². The van der Waals surface area contributed by atoms with Gasteiger partial charge in [-0.05, 0) is 19.3 Å². The van der Waals surface area contributed by atoms with Crippen LogP contribution in [0.25, 0.3) is 0 Å². The largest absolute Gasteiger partial charge is 0.328 e. The van der Waals surface area contributed by atoms with E-state index in [0.717, 1.165) is 6.42 Å². The standard InChI is InChI=1S/C6H10N2/c1-4(8)6-2-5(6)3-7/h4-6H,2,8H2,1H3. The molecule has 0 radical (unpaired) electrons. The van der Waals surface area contributed by atoms with Crippen LogP contribution in [0.4, 0.5) is 0 Å². The van der Waals surface area contributed by atoms with Crippen molar-refractivity contribution in [3.63, 3.8) is 0 Å². The van der Waals surface area contributed by atoms with Crippen molar-refractivity contribution in [2.24, 2.45) is 17.6 Å². The smallest absolute Gasteiger partial charge is 0.0659 e. The Hall–Kier alpha value is -0.550. The summed E-state index contributed by atoms with van der Waals surface area (Å²) in [4.78, 5) is 0. The SMILES string of the molecule is CC(N)C1CC1C#N. The molecule has 1 aliphatic rings. The summed E-state index contributed by atoms with van der Waals surface area (Å²) in [6.07, 6.45) is 1.02. The van der Waals surface area contributed by atoms with E-state index in [1.807, 2.05) is 6.92 Å². The van der Waals surface area contributed by atoms with E-state index in [9.17, 15) is 0 Å². The summed E-state index contributed by atoms with van der Waals surface area (Å²) >= 11 is 0. The van der Waals surface area contributed by atoms with Crippen LogP contribution in [0, 0.1) is 23.2 Å². The van der Waals surface area contributed by atoms with E-state index < -0.39 is 0 Å². The minimum Gasteiger partial charge on any atom is -0.328 e. The molecular weight excluding hydrogens is 100 g/mol. The maximum atomic E-state index is 8.32. The number of hydrogen-bond donors (Lipinski definition) is 1. The van der Waals surface area contributed by atoms with Crippen molar-refractivity contribution in [2.75, 3.05) is 0 Å². The molecule has 0 spiro atoms. The second-order valence-corrected chi connectivity index (χ2v) is 2.49. The van der Waals surface area contributed by atoms with Gasteiger partial charge in [0.15, 0.2) is 0 Å². The second kappa shape index (κ2) is 1.75. The van der Waals surface area contributed by atoms with E-state index in [2.05, 4.69) is 6.07 Å². The lowest BCUT2D eigenvalue weighted by Crippen LogP contribution is -2.17. The van der Waals surface area contributed by atoms with Crippen LogP contribution in [0.1, 0.15) is 13.3 Å². The van der Waals surface area contributed by atoms with Crippen LogP contribution in [0.2, 0.25) is 0 Å². The fourth-order valence-corrected chi connectivity index (χ4v) is 0.944. The molecule has 44 valence electrons.